The number of benzene rings is 1. The summed E-state index contributed by atoms with van der Waals surface area (Å²) in [7, 11) is -3.98. The number of anilines is 1. The summed E-state index contributed by atoms with van der Waals surface area (Å²) < 4.78 is 28.4. The summed E-state index contributed by atoms with van der Waals surface area (Å²) in [5.41, 5.74) is 0.975. The van der Waals surface area contributed by atoms with Gasteiger partial charge in [-0.05, 0) is 18.2 Å². The van der Waals surface area contributed by atoms with Crippen molar-refractivity contribution in [2.24, 2.45) is 0 Å². The smallest absolute Gasteiger partial charge is 0.270 e. The third-order valence-electron chi connectivity index (χ3n) is 5.28. The fourth-order valence-corrected chi connectivity index (χ4v) is 5.73. The van der Waals surface area contributed by atoms with E-state index < -0.39 is 14.9 Å². The highest BCUT2D eigenvalue weighted by molar-refractivity contribution is 9.09. The molecule has 1 aromatic heterocycles. The van der Waals surface area contributed by atoms with Crippen LogP contribution in [0.4, 0.5) is 11.4 Å². The molecule has 0 amide bonds. The maximum absolute atomic E-state index is 13.5. The van der Waals surface area contributed by atoms with Crippen molar-refractivity contribution in [3.8, 4) is 0 Å². The minimum atomic E-state index is -3.98. The normalized spacial score (nSPS) is 15.6. The molecule has 2 aromatic rings. The van der Waals surface area contributed by atoms with Gasteiger partial charge in [0.1, 0.15) is 4.90 Å². The van der Waals surface area contributed by atoms with Gasteiger partial charge < -0.3 is 10.0 Å². The Morgan fingerprint density at radius 3 is 2.50 bits per heavy atom. The van der Waals surface area contributed by atoms with Gasteiger partial charge in [0, 0.05) is 69.5 Å². The predicted molar refractivity (Wildman–Crippen MR) is 124 cm³/mol. The molecular formula is C20H26BrN5O5S. The molecule has 1 fully saturated rings. The Hall–Kier alpha value is -2.12. The lowest BCUT2D eigenvalue weighted by Gasteiger charge is -2.34. The zero-order valence-corrected chi connectivity index (χ0v) is 19.9. The van der Waals surface area contributed by atoms with E-state index in [0.29, 0.717) is 37.2 Å². The molecule has 3 rings (SSSR count). The second kappa shape index (κ2) is 11.1. The first-order valence-electron chi connectivity index (χ1n) is 10.2. The summed E-state index contributed by atoms with van der Waals surface area (Å²) in [6.45, 7) is 2.72. The van der Waals surface area contributed by atoms with Crippen LogP contribution in [0, 0.1) is 10.1 Å². The number of nitro benzene ring substituents is 1. The van der Waals surface area contributed by atoms with E-state index in [1.807, 2.05) is 18.2 Å². The largest absolute Gasteiger partial charge is 0.395 e. The molecule has 0 saturated carbocycles. The summed E-state index contributed by atoms with van der Waals surface area (Å²) >= 11 is 3.34. The molecule has 1 aliphatic rings. The highest BCUT2D eigenvalue weighted by atomic mass is 79.9. The van der Waals surface area contributed by atoms with Gasteiger partial charge in [-0.1, -0.05) is 22.0 Å². The fourth-order valence-electron chi connectivity index (χ4n) is 3.65. The van der Waals surface area contributed by atoms with Crippen LogP contribution in [0.2, 0.25) is 0 Å². The number of pyridine rings is 1. The SMILES string of the molecule is O=[N+]([O-])c1ccc(N(CCO)CCBr)c(S(=O)(=O)N2CCN(Cc3ccccn3)CC2)c1. The number of rotatable bonds is 10. The number of hydrogen-bond donors (Lipinski definition) is 1. The van der Waals surface area contributed by atoms with Crippen molar-refractivity contribution in [2.45, 2.75) is 11.4 Å². The van der Waals surface area contributed by atoms with Crippen LogP contribution < -0.4 is 4.90 Å². The van der Waals surface area contributed by atoms with E-state index >= 15 is 0 Å². The van der Waals surface area contributed by atoms with Crippen molar-refractivity contribution in [3.05, 3.63) is 58.4 Å². The van der Waals surface area contributed by atoms with Crippen LogP contribution >= 0.6 is 15.9 Å². The van der Waals surface area contributed by atoms with Gasteiger partial charge in [-0.3, -0.25) is 20.0 Å². The molecule has 32 heavy (non-hydrogen) atoms. The van der Waals surface area contributed by atoms with Gasteiger partial charge in [0.2, 0.25) is 10.0 Å². The topological polar surface area (TPSA) is 120 Å². The Balaban J connectivity index is 1.85. The number of aromatic nitrogens is 1. The van der Waals surface area contributed by atoms with Gasteiger partial charge >= 0.3 is 0 Å². The third-order valence-corrected chi connectivity index (χ3v) is 7.56. The van der Waals surface area contributed by atoms with E-state index in [-0.39, 0.29) is 36.8 Å². The second-order valence-electron chi connectivity index (χ2n) is 7.31. The minimum Gasteiger partial charge on any atom is -0.395 e. The minimum absolute atomic E-state index is 0.112. The molecule has 1 aromatic carbocycles. The number of halogens is 1. The van der Waals surface area contributed by atoms with Crippen molar-refractivity contribution in [2.75, 3.05) is 56.1 Å². The van der Waals surface area contributed by atoms with Gasteiger partial charge in [0.15, 0.2) is 0 Å². The molecule has 174 valence electrons. The van der Waals surface area contributed by atoms with Gasteiger partial charge in [-0.15, -0.1) is 0 Å². The molecule has 12 heteroatoms. The molecule has 1 N–H and O–H groups in total. The highest BCUT2D eigenvalue weighted by Gasteiger charge is 2.33. The Morgan fingerprint density at radius 2 is 1.91 bits per heavy atom. The Bertz CT molecular complexity index is 1010. The van der Waals surface area contributed by atoms with Crippen molar-refractivity contribution in [3.63, 3.8) is 0 Å². The molecule has 0 bridgehead atoms. The first-order chi connectivity index (χ1) is 15.4. The van der Waals surface area contributed by atoms with Crippen molar-refractivity contribution in [1.29, 1.82) is 0 Å². The Morgan fingerprint density at radius 1 is 1.16 bits per heavy atom. The molecule has 1 aliphatic heterocycles. The van der Waals surface area contributed by atoms with Crippen LogP contribution in [0.3, 0.4) is 0 Å². The number of nitrogens with zero attached hydrogens (tertiary/aromatic N) is 5. The maximum atomic E-state index is 13.5. The fraction of sp³-hybridized carbons (Fsp3) is 0.450. The second-order valence-corrected chi connectivity index (χ2v) is 10.0. The van der Waals surface area contributed by atoms with E-state index in [9.17, 15) is 23.6 Å². The molecule has 0 atom stereocenters. The molecule has 0 unspecified atom stereocenters. The summed E-state index contributed by atoms with van der Waals surface area (Å²) in [5.74, 6) is 0. The Kier molecular flexibility index (Phi) is 8.54. The lowest BCUT2D eigenvalue weighted by Crippen LogP contribution is -2.48. The number of non-ortho nitro benzene ring substituents is 1. The summed E-state index contributed by atoms with van der Waals surface area (Å²) in [5, 5.41) is 21.3. The monoisotopic (exact) mass is 527 g/mol. The summed E-state index contributed by atoms with van der Waals surface area (Å²) in [6, 6.07) is 9.54. The van der Waals surface area contributed by atoms with Crippen LogP contribution in [-0.4, -0.2) is 83.8 Å². The van der Waals surface area contributed by atoms with Crippen LogP contribution in [0.1, 0.15) is 5.69 Å². The zero-order chi connectivity index (χ0) is 23.1. The number of sulfonamides is 1. The maximum Gasteiger partial charge on any atom is 0.270 e. The van der Waals surface area contributed by atoms with Gasteiger partial charge in [0.05, 0.1) is 22.9 Å². The summed E-state index contributed by atoms with van der Waals surface area (Å²) in [6.07, 6.45) is 1.73. The van der Waals surface area contributed by atoms with Gasteiger partial charge in [-0.25, -0.2) is 8.42 Å². The number of piperazine rings is 1. The van der Waals surface area contributed by atoms with Crippen molar-refractivity contribution in [1.82, 2.24) is 14.2 Å². The molecule has 0 spiro atoms. The average molecular weight is 528 g/mol. The average Bonchev–Trinajstić information content (AvgIpc) is 2.79. The van der Waals surface area contributed by atoms with Gasteiger partial charge in [-0.2, -0.15) is 4.31 Å². The number of hydrogen-bond acceptors (Lipinski definition) is 8. The number of aliphatic hydroxyl groups is 1. The van der Waals surface area contributed by atoms with Crippen LogP contribution in [0.15, 0.2) is 47.5 Å². The first kappa shape index (κ1) is 24.5. The van der Waals surface area contributed by atoms with E-state index in [2.05, 4.69) is 25.8 Å². The molecule has 0 radical (unpaired) electrons. The first-order valence-corrected chi connectivity index (χ1v) is 12.8. The lowest BCUT2D eigenvalue weighted by molar-refractivity contribution is -0.385. The Labute approximate surface area is 195 Å². The van der Waals surface area contributed by atoms with Gasteiger partial charge in [0.25, 0.3) is 5.69 Å². The van der Waals surface area contributed by atoms with Crippen molar-refractivity contribution >= 4 is 37.3 Å². The molecule has 1 saturated heterocycles. The molecular weight excluding hydrogens is 502 g/mol. The van der Waals surface area contributed by atoms with Crippen LogP contribution in [0.5, 0.6) is 0 Å². The quantitative estimate of drug-likeness (QED) is 0.281. The van der Waals surface area contributed by atoms with E-state index in [1.165, 1.54) is 16.4 Å². The van der Waals surface area contributed by atoms with Crippen molar-refractivity contribution < 1.29 is 18.4 Å². The number of aliphatic hydroxyl groups excluding tert-OH is 1. The van der Waals surface area contributed by atoms with E-state index in [1.54, 1.807) is 11.1 Å². The van der Waals surface area contributed by atoms with E-state index in [0.717, 1.165) is 11.8 Å². The predicted octanol–water partition coefficient (Wildman–Crippen LogP) is 1.69. The third kappa shape index (κ3) is 5.81. The standard InChI is InChI=1S/C20H26BrN5O5S/c21-6-8-24(13-14-27)19-5-4-18(26(28)29)15-20(19)32(30,31)25-11-9-23(10-12-25)16-17-3-1-2-7-22-17/h1-5,7,15,27H,6,8-14,16H2. The highest BCUT2D eigenvalue weighted by Crippen LogP contribution is 2.32. The molecule has 0 aliphatic carbocycles. The number of alkyl halides is 1. The molecule has 2 heterocycles. The zero-order valence-electron chi connectivity index (χ0n) is 17.5. The van der Waals surface area contributed by atoms with Crippen LogP contribution in [-0.2, 0) is 16.6 Å². The van der Waals surface area contributed by atoms with E-state index in [4.69, 9.17) is 0 Å². The molecule has 10 nitrogen and oxygen atoms in total. The number of nitro groups is 1. The lowest BCUT2D eigenvalue weighted by atomic mass is 10.2. The van der Waals surface area contributed by atoms with Crippen LogP contribution in [0.25, 0.3) is 0 Å². The summed E-state index contributed by atoms with van der Waals surface area (Å²) in [4.78, 5) is 18.8.